The van der Waals surface area contributed by atoms with Crippen LogP contribution in [-0.2, 0) is 17.6 Å². The van der Waals surface area contributed by atoms with Gasteiger partial charge in [-0.1, -0.05) is 121 Å². The molecule has 0 aromatic heterocycles. The summed E-state index contributed by atoms with van der Waals surface area (Å²) >= 11 is 0. The van der Waals surface area contributed by atoms with E-state index in [0.717, 1.165) is 11.1 Å². The lowest BCUT2D eigenvalue weighted by atomic mass is 9.78. The van der Waals surface area contributed by atoms with Gasteiger partial charge in [-0.05, 0) is 35.1 Å². The Bertz CT molecular complexity index is 954. The third-order valence-electron chi connectivity index (χ3n) is 5.66. The smallest absolute Gasteiger partial charge is 0.148 e. The Morgan fingerprint density at radius 3 is 1.10 bits per heavy atom. The molecule has 0 aliphatic rings. The van der Waals surface area contributed by atoms with Crippen LogP contribution in [-0.4, -0.2) is 5.78 Å². The maximum atomic E-state index is 14.1. The Balaban J connectivity index is 1.71. The topological polar surface area (TPSA) is 17.1 Å². The zero-order valence-electron chi connectivity index (χ0n) is 17.0. The maximum absolute atomic E-state index is 14.1. The Labute approximate surface area is 179 Å². The minimum absolute atomic E-state index is 0.178. The summed E-state index contributed by atoms with van der Waals surface area (Å²) in [6.07, 6.45) is 1.42. The molecule has 30 heavy (non-hydrogen) atoms. The number of carbonyl (C=O) groups excluding carboxylic acids is 1. The molecule has 0 radical (unpaired) electrons. The molecule has 0 spiro atoms. The van der Waals surface area contributed by atoms with Gasteiger partial charge in [0.05, 0.1) is 0 Å². The van der Waals surface area contributed by atoms with E-state index in [9.17, 15) is 4.79 Å². The summed E-state index contributed by atoms with van der Waals surface area (Å²) in [6.45, 7) is 0. The van der Waals surface area contributed by atoms with Crippen molar-refractivity contribution >= 4 is 5.78 Å². The molecule has 0 amide bonds. The Morgan fingerprint density at radius 1 is 0.467 bits per heavy atom. The van der Waals surface area contributed by atoms with Crippen LogP contribution in [0.5, 0.6) is 0 Å². The highest BCUT2D eigenvalue weighted by molar-refractivity contribution is 5.92. The molecule has 0 saturated heterocycles. The lowest BCUT2D eigenvalue weighted by Gasteiger charge is -2.24. The van der Waals surface area contributed by atoms with Crippen LogP contribution in [0.2, 0.25) is 0 Å². The van der Waals surface area contributed by atoms with E-state index in [-0.39, 0.29) is 17.6 Å². The molecule has 4 rings (SSSR count). The molecule has 0 saturated carbocycles. The molecule has 2 unspecified atom stereocenters. The number of hydrogen-bond donors (Lipinski definition) is 0. The van der Waals surface area contributed by atoms with E-state index >= 15 is 0 Å². The van der Waals surface area contributed by atoms with E-state index < -0.39 is 0 Å². The van der Waals surface area contributed by atoms with Crippen molar-refractivity contribution in [1.82, 2.24) is 0 Å². The minimum atomic E-state index is -0.178. The number of benzene rings is 4. The molecule has 0 N–H and O–H groups in total. The molecule has 4 aromatic carbocycles. The molecule has 1 nitrogen and oxygen atoms in total. The summed E-state index contributed by atoms with van der Waals surface area (Å²) in [4.78, 5) is 14.1. The molecule has 2 atom stereocenters. The van der Waals surface area contributed by atoms with E-state index in [2.05, 4.69) is 48.5 Å². The first kappa shape index (κ1) is 19.8. The Kier molecular flexibility index (Phi) is 6.51. The monoisotopic (exact) mass is 390 g/mol. The van der Waals surface area contributed by atoms with Gasteiger partial charge in [-0.3, -0.25) is 4.79 Å². The molecule has 4 aromatic rings. The maximum Gasteiger partial charge on any atom is 0.148 e. The molecular formula is C29H26O. The summed E-state index contributed by atoms with van der Waals surface area (Å²) in [5, 5.41) is 0. The van der Waals surface area contributed by atoms with Crippen molar-refractivity contribution in [2.75, 3.05) is 0 Å². The number of carbonyl (C=O) groups is 1. The molecular weight excluding hydrogens is 364 g/mol. The van der Waals surface area contributed by atoms with Gasteiger partial charge in [0, 0.05) is 11.8 Å². The Hall–Kier alpha value is -3.45. The van der Waals surface area contributed by atoms with Crippen LogP contribution in [0.1, 0.15) is 34.1 Å². The summed E-state index contributed by atoms with van der Waals surface area (Å²) in [7, 11) is 0. The first-order valence-corrected chi connectivity index (χ1v) is 10.5. The highest BCUT2D eigenvalue weighted by Gasteiger charge is 2.29. The van der Waals surface area contributed by atoms with Crippen molar-refractivity contribution in [3.63, 3.8) is 0 Å². The molecule has 148 valence electrons. The average molecular weight is 391 g/mol. The highest BCUT2D eigenvalue weighted by atomic mass is 16.1. The molecule has 1 heteroatoms. The van der Waals surface area contributed by atoms with E-state index in [1.165, 1.54) is 11.1 Å². The quantitative estimate of drug-likeness (QED) is 0.331. The fourth-order valence-electron chi connectivity index (χ4n) is 4.08. The zero-order chi connectivity index (χ0) is 20.6. The van der Waals surface area contributed by atoms with Crippen molar-refractivity contribution in [2.24, 2.45) is 0 Å². The van der Waals surface area contributed by atoms with Gasteiger partial charge in [-0.2, -0.15) is 0 Å². The van der Waals surface area contributed by atoms with E-state index in [0.29, 0.717) is 12.8 Å². The van der Waals surface area contributed by atoms with Crippen molar-refractivity contribution in [1.29, 1.82) is 0 Å². The van der Waals surface area contributed by atoms with Crippen molar-refractivity contribution < 1.29 is 4.79 Å². The fourth-order valence-corrected chi connectivity index (χ4v) is 4.08. The van der Waals surface area contributed by atoms with Gasteiger partial charge in [0.15, 0.2) is 0 Å². The normalized spacial score (nSPS) is 12.8. The lowest BCUT2D eigenvalue weighted by molar-refractivity contribution is -0.122. The van der Waals surface area contributed by atoms with Crippen molar-refractivity contribution in [2.45, 2.75) is 24.7 Å². The van der Waals surface area contributed by atoms with Gasteiger partial charge < -0.3 is 0 Å². The predicted octanol–water partition coefficient (Wildman–Crippen LogP) is 6.61. The SMILES string of the molecule is O=C(C(Cc1ccccc1)c1ccccc1)C(Cc1ccccc1)c1ccccc1. The van der Waals surface area contributed by atoms with Crippen LogP contribution in [0.4, 0.5) is 0 Å². The van der Waals surface area contributed by atoms with Crippen LogP contribution in [0.15, 0.2) is 121 Å². The highest BCUT2D eigenvalue weighted by Crippen LogP contribution is 2.32. The summed E-state index contributed by atoms with van der Waals surface area (Å²) in [6, 6.07) is 41.1. The third kappa shape index (κ3) is 4.93. The van der Waals surface area contributed by atoms with Crippen LogP contribution < -0.4 is 0 Å². The molecule has 0 heterocycles. The second-order valence-electron chi connectivity index (χ2n) is 7.71. The number of hydrogen-bond acceptors (Lipinski definition) is 1. The Morgan fingerprint density at radius 2 is 0.767 bits per heavy atom. The number of Topliss-reactive ketones (excluding diaryl/α,β-unsaturated/α-hetero) is 1. The number of rotatable bonds is 8. The average Bonchev–Trinajstić information content (AvgIpc) is 2.83. The fraction of sp³-hybridized carbons (Fsp3) is 0.138. The van der Waals surface area contributed by atoms with E-state index in [1.54, 1.807) is 0 Å². The predicted molar refractivity (Wildman–Crippen MR) is 124 cm³/mol. The van der Waals surface area contributed by atoms with Gasteiger partial charge in [-0.15, -0.1) is 0 Å². The van der Waals surface area contributed by atoms with Gasteiger partial charge in [-0.25, -0.2) is 0 Å². The van der Waals surface area contributed by atoms with Crippen molar-refractivity contribution in [3.05, 3.63) is 144 Å². The van der Waals surface area contributed by atoms with Crippen LogP contribution in [0.25, 0.3) is 0 Å². The molecule has 0 fully saturated rings. The second kappa shape index (κ2) is 9.84. The standard InChI is InChI=1S/C29H26O/c30-29(27(25-17-9-3-10-18-25)21-23-13-5-1-6-14-23)28(26-19-11-4-12-20-26)22-24-15-7-2-8-16-24/h1-20,27-28H,21-22H2. The van der Waals surface area contributed by atoms with Crippen LogP contribution in [0.3, 0.4) is 0 Å². The summed E-state index contributed by atoms with van der Waals surface area (Å²) < 4.78 is 0. The third-order valence-corrected chi connectivity index (χ3v) is 5.66. The largest absolute Gasteiger partial charge is 0.298 e. The minimum Gasteiger partial charge on any atom is -0.298 e. The zero-order valence-corrected chi connectivity index (χ0v) is 17.0. The van der Waals surface area contributed by atoms with Crippen molar-refractivity contribution in [3.8, 4) is 0 Å². The molecule has 0 bridgehead atoms. The lowest BCUT2D eigenvalue weighted by Crippen LogP contribution is -2.24. The summed E-state index contributed by atoms with van der Waals surface area (Å²) in [5.74, 6) is -0.0786. The van der Waals surface area contributed by atoms with Crippen LogP contribution >= 0.6 is 0 Å². The van der Waals surface area contributed by atoms with E-state index in [4.69, 9.17) is 0 Å². The van der Waals surface area contributed by atoms with Gasteiger partial charge in [0.1, 0.15) is 5.78 Å². The molecule has 0 aliphatic heterocycles. The molecule has 0 aliphatic carbocycles. The van der Waals surface area contributed by atoms with Crippen LogP contribution in [0, 0.1) is 0 Å². The van der Waals surface area contributed by atoms with E-state index in [1.807, 2.05) is 72.8 Å². The van der Waals surface area contributed by atoms with Gasteiger partial charge in [0.25, 0.3) is 0 Å². The number of ketones is 1. The summed E-state index contributed by atoms with van der Waals surface area (Å²) in [5.41, 5.74) is 4.54. The first-order chi connectivity index (χ1) is 14.8. The first-order valence-electron chi connectivity index (χ1n) is 10.5. The van der Waals surface area contributed by atoms with Gasteiger partial charge >= 0.3 is 0 Å². The van der Waals surface area contributed by atoms with Gasteiger partial charge in [0.2, 0.25) is 0 Å². The second-order valence-corrected chi connectivity index (χ2v) is 7.71.